The number of halogens is 3. The highest BCUT2D eigenvalue weighted by molar-refractivity contribution is 5.89. The fourth-order valence-electron chi connectivity index (χ4n) is 2.85. The van der Waals surface area contributed by atoms with Crippen LogP contribution in [0, 0.1) is 22.7 Å². The van der Waals surface area contributed by atoms with Crippen LogP contribution in [-0.2, 0) is 4.79 Å². The van der Waals surface area contributed by atoms with Gasteiger partial charge >= 0.3 is 12.1 Å². The van der Waals surface area contributed by atoms with Crippen LogP contribution in [0.15, 0.2) is 49.3 Å². The summed E-state index contributed by atoms with van der Waals surface area (Å²) < 4.78 is 33.5. The molecule has 0 bridgehead atoms. The molecule has 4 rings (SSSR count). The van der Waals surface area contributed by atoms with Gasteiger partial charge in [-0.05, 0) is 17.7 Å². The topological polar surface area (TPSA) is 157 Å². The number of hydrogen-bond acceptors (Lipinski definition) is 7. The lowest BCUT2D eigenvalue weighted by Crippen LogP contribution is -2.21. The number of carboxylic acid groups (broad SMARTS) is 1. The van der Waals surface area contributed by atoms with Crippen molar-refractivity contribution in [3.8, 4) is 23.4 Å². The summed E-state index contributed by atoms with van der Waals surface area (Å²) in [5.74, 6) is -2.76. The van der Waals surface area contributed by atoms with Crippen molar-refractivity contribution in [3.63, 3.8) is 0 Å². The second-order valence-corrected chi connectivity index (χ2v) is 6.44. The summed E-state index contributed by atoms with van der Waals surface area (Å²) in [6, 6.07) is 9.23. The van der Waals surface area contributed by atoms with E-state index in [1.54, 1.807) is 29.2 Å². The minimum Gasteiger partial charge on any atom is -0.475 e. The average molecular weight is 454 g/mol. The van der Waals surface area contributed by atoms with Gasteiger partial charge in [-0.1, -0.05) is 6.07 Å². The summed E-state index contributed by atoms with van der Waals surface area (Å²) in [6.45, 7) is 0. The molecule has 0 amide bonds. The Labute approximate surface area is 183 Å². The lowest BCUT2D eigenvalue weighted by molar-refractivity contribution is -0.192. The number of nitriles is 2. The molecule has 0 saturated heterocycles. The van der Waals surface area contributed by atoms with Crippen molar-refractivity contribution in [1.29, 1.82) is 10.5 Å². The molecule has 0 radical (unpaired) electrons. The summed E-state index contributed by atoms with van der Waals surface area (Å²) in [7, 11) is 0. The number of alkyl halides is 3. The summed E-state index contributed by atoms with van der Waals surface area (Å²) in [5, 5.41) is 30.6. The van der Waals surface area contributed by atoms with Gasteiger partial charge in [0.2, 0.25) is 0 Å². The highest BCUT2D eigenvalue weighted by Gasteiger charge is 2.38. The molecule has 0 spiro atoms. The third kappa shape index (κ3) is 5.29. The van der Waals surface area contributed by atoms with Crippen molar-refractivity contribution in [2.75, 3.05) is 0 Å². The van der Waals surface area contributed by atoms with Crippen molar-refractivity contribution < 1.29 is 23.1 Å². The number of aromatic nitrogens is 6. The van der Waals surface area contributed by atoms with Crippen LogP contribution in [0.1, 0.15) is 23.7 Å². The first-order valence-electron chi connectivity index (χ1n) is 9.10. The third-order valence-corrected chi connectivity index (χ3v) is 4.36. The van der Waals surface area contributed by atoms with Gasteiger partial charge in [-0.3, -0.25) is 4.68 Å². The number of pyridine rings is 1. The Morgan fingerprint density at radius 3 is 2.55 bits per heavy atom. The van der Waals surface area contributed by atoms with Crippen molar-refractivity contribution in [3.05, 3.63) is 60.6 Å². The van der Waals surface area contributed by atoms with E-state index in [2.05, 4.69) is 31.1 Å². The minimum absolute atomic E-state index is 0.234. The van der Waals surface area contributed by atoms with Crippen LogP contribution in [0.25, 0.3) is 22.3 Å². The summed E-state index contributed by atoms with van der Waals surface area (Å²) in [4.78, 5) is 24.6. The monoisotopic (exact) mass is 454 g/mol. The standard InChI is InChI=1S/C18H12N8.C2HF3O2/c19-5-3-16(12-1-2-14(7-20)22-8-12)26-10-13(9-25-26)17-15-4-6-21-18(15)24-11-23-17;3-2(4,5)1(6)7/h1-2,4,6,8-11,16H,3H2,(H,21,23,24);(H,6,7). The van der Waals surface area contributed by atoms with Crippen molar-refractivity contribution in [1.82, 2.24) is 29.7 Å². The molecule has 0 aliphatic carbocycles. The maximum atomic E-state index is 10.6. The second kappa shape index (κ2) is 9.57. The Hall–Kier alpha value is -4.78. The van der Waals surface area contributed by atoms with Gasteiger partial charge in [-0.2, -0.15) is 28.8 Å². The molecule has 0 fully saturated rings. The molecule has 10 nitrogen and oxygen atoms in total. The molecule has 4 aromatic heterocycles. The van der Waals surface area contributed by atoms with E-state index in [0.29, 0.717) is 5.69 Å². The highest BCUT2D eigenvalue weighted by atomic mass is 19.4. The van der Waals surface area contributed by atoms with E-state index in [9.17, 15) is 18.4 Å². The zero-order chi connectivity index (χ0) is 24.0. The number of carboxylic acids is 1. The number of carbonyl (C=O) groups is 1. The second-order valence-electron chi connectivity index (χ2n) is 6.44. The van der Waals surface area contributed by atoms with Crippen molar-refractivity contribution >= 4 is 17.0 Å². The lowest BCUT2D eigenvalue weighted by atomic mass is 10.1. The Morgan fingerprint density at radius 2 is 1.94 bits per heavy atom. The van der Waals surface area contributed by atoms with E-state index in [0.717, 1.165) is 27.9 Å². The Bertz CT molecular complexity index is 1350. The fourth-order valence-corrected chi connectivity index (χ4v) is 2.85. The largest absolute Gasteiger partial charge is 0.490 e. The average Bonchev–Trinajstić information content (AvgIpc) is 3.47. The number of fused-ring (bicyclic) bond motifs is 1. The number of aliphatic carboxylic acids is 1. The van der Waals surface area contributed by atoms with E-state index in [4.69, 9.17) is 15.2 Å². The third-order valence-electron chi connectivity index (χ3n) is 4.36. The van der Waals surface area contributed by atoms with Crippen LogP contribution >= 0.6 is 0 Å². The first-order chi connectivity index (χ1) is 15.7. The predicted octanol–water partition coefficient (Wildman–Crippen LogP) is 3.22. The number of H-pyrrole nitrogens is 1. The molecule has 33 heavy (non-hydrogen) atoms. The number of aromatic amines is 1. The molecule has 0 aliphatic rings. The molecule has 4 aromatic rings. The first-order valence-corrected chi connectivity index (χ1v) is 9.10. The Balaban J connectivity index is 0.000000383. The maximum absolute atomic E-state index is 10.6. The maximum Gasteiger partial charge on any atom is 0.490 e. The van der Waals surface area contributed by atoms with Gasteiger partial charge in [0, 0.05) is 29.5 Å². The number of rotatable bonds is 4. The normalized spacial score (nSPS) is 11.7. The summed E-state index contributed by atoms with van der Waals surface area (Å²) in [5.41, 5.74) is 3.52. The molecule has 0 aromatic carbocycles. The van der Waals surface area contributed by atoms with E-state index in [1.165, 1.54) is 6.33 Å². The Kier molecular flexibility index (Phi) is 6.64. The fraction of sp³-hybridized carbons (Fsp3) is 0.150. The predicted molar refractivity (Wildman–Crippen MR) is 106 cm³/mol. The number of hydrogen-bond donors (Lipinski definition) is 2. The molecule has 0 saturated carbocycles. The van der Waals surface area contributed by atoms with Gasteiger partial charge in [-0.25, -0.2) is 19.7 Å². The van der Waals surface area contributed by atoms with Gasteiger partial charge in [0.15, 0.2) is 0 Å². The van der Waals surface area contributed by atoms with Crippen LogP contribution in [0.2, 0.25) is 0 Å². The molecule has 1 unspecified atom stereocenters. The van der Waals surface area contributed by atoms with Gasteiger partial charge in [0.25, 0.3) is 0 Å². The van der Waals surface area contributed by atoms with Gasteiger partial charge in [0.05, 0.1) is 30.4 Å². The van der Waals surface area contributed by atoms with Crippen LogP contribution in [0.3, 0.4) is 0 Å². The summed E-state index contributed by atoms with van der Waals surface area (Å²) >= 11 is 0. The van der Waals surface area contributed by atoms with E-state index in [-0.39, 0.29) is 12.5 Å². The molecular formula is C20H13F3N8O2. The molecular weight excluding hydrogens is 441 g/mol. The van der Waals surface area contributed by atoms with Gasteiger partial charge < -0.3 is 10.1 Å². The van der Waals surface area contributed by atoms with Gasteiger partial charge in [-0.15, -0.1) is 0 Å². The van der Waals surface area contributed by atoms with Crippen molar-refractivity contribution in [2.24, 2.45) is 0 Å². The molecule has 4 heterocycles. The van der Waals surface area contributed by atoms with Gasteiger partial charge in [0.1, 0.15) is 23.7 Å². The molecule has 2 N–H and O–H groups in total. The zero-order valence-electron chi connectivity index (χ0n) is 16.5. The highest BCUT2D eigenvalue weighted by Crippen LogP contribution is 2.27. The Morgan fingerprint density at radius 1 is 1.18 bits per heavy atom. The first kappa shape index (κ1) is 22.9. The molecule has 166 valence electrons. The lowest BCUT2D eigenvalue weighted by Gasteiger charge is -2.14. The van der Waals surface area contributed by atoms with E-state index >= 15 is 0 Å². The zero-order valence-corrected chi connectivity index (χ0v) is 16.5. The molecule has 1 atom stereocenters. The van der Waals surface area contributed by atoms with Crippen LogP contribution in [0.4, 0.5) is 13.2 Å². The number of nitrogens with one attached hydrogen (secondary N) is 1. The van der Waals surface area contributed by atoms with Crippen LogP contribution in [-0.4, -0.2) is 47.0 Å². The van der Waals surface area contributed by atoms with Crippen LogP contribution in [0.5, 0.6) is 0 Å². The number of nitrogens with zero attached hydrogens (tertiary/aromatic N) is 7. The smallest absolute Gasteiger partial charge is 0.475 e. The molecule has 13 heteroatoms. The van der Waals surface area contributed by atoms with Crippen molar-refractivity contribution in [2.45, 2.75) is 18.6 Å². The minimum atomic E-state index is -5.08. The molecule has 0 aliphatic heterocycles. The van der Waals surface area contributed by atoms with E-state index < -0.39 is 12.1 Å². The quantitative estimate of drug-likeness (QED) is 0.476. The van der Waals surface area contributed by atoms with E-state index in [1.807, 2.05) is 24.5 Å². The van der Waals surface area contributed by atoms with Crippen LogP contribution < -0.4 is 0 Å². The SMILES string of the molecule is N#CCC(c1ccc(C#N)nc1)n1cc(-c2ncnc3[nH]ccc23)cn1.O=C(O)C(F)(F)F. The summed E-state index contributed by atoms with van der Waals surface area (Å²) in [6.07, 6.45) is 3.65.